The van der Waals surface area contributed by atoms with Crippen molar-refractivity contribution >= 4 is 20.9 Å². The maximum Gasteiger partial charge on any atom is 0.243 e. The van der Waals surface area contributed by atoms with Crippen LogP contribution in [0.5, 0.6) is 0 Å². The van der Waals surface area contributed by atoms with Crippen molar-refractivity contribution in [2.45, 2.75) is 17.9 Å². The van der Waals surface area contributed by atoms with Crippen molar-refractivity contribution in [1.82, 2.24) is 9.71 Å². The second-order valence-electron chi connectivity index (χ2n) is 5.08. The van der Waals surface area contributed by atoms with Crippen LogP contribution in [0.25, 0.3) is 10.9 Å². The van der Waals surface area contributed by atoms with E-state index in [1.807, 2.05) is 49.4 Å². The van der Waals surface area contributed by atoms with E-state index in [4.69, 9.17) is 0 Å². The Bertz CT molecular complexity index is 887. The Morgan fingerprint density at radius 2 is 1.68 bits per heavy atom. The Kier molecular flexibility index (Phi) is 3.92. The SMILES string of the molecule is C[C@@H](NS(=O)(=O)c1cccc2cccnc12)c1ccccc1. The summed E-state index contributed by atoms with van der Waals surface area (Å²) in [6.45, 7) is 1.82. The Hall–Kier alpha value is -2.24. The van der Waals surface area contributed by atoms with Crippen LogP contribution >= 0.6 is 0 Å². The number of para-hydroxylation sites is 1. The minimum absolute atomic E-state index is 0.202. The Morgan fingerprint density at radius 1 is 0.955 bits per heavy atom. The van der Waals surface area contributed by atoms with Gasteiger partial charge in [-0.25, -0.2) is 13.1 Å². The van der Waals surface area contributed by atoms with Gasteiger partial charge in [0.15, 0.2) is 0 Å². The lowest BCUT2D eigenvalue weighted by atomic mass is 10.1. The third kappa shape index (κ3) is 2.86. The molecule has 3 aromatic rings. The minimum Gasteiger partial charge on any atom is -0.255 e. The highest BCUT2D eigenvalue weighted by Crippen LogP contribution is 2.22. The number of sulfonamides is 1. The van der Waals surface area contributed by atoms with Gasteiger partial charge in [0.05, 0.1) is 5.52 Å². The zero-order valence-corrected chi connectivity index (χ0v) is 12.9. The molecule has 0 saturated carbocycles. The van der Waals surface area contributed by atoms with Crippen LogP contribution < -0.4 is 4.72 Å². The van der Waals surface area contributed by atoms with Gasteiger partial charge in [0, 0.05) is 17.6 Å². The van der Waals surface area contributed by atoms with Gasteiger partial charge in [-0.2, -0.15) is 0 Å². The molecule has 1 aromatic heterocycles. The van der Waals surface area contributed by atoms with E-state index in [2.05, 4.69) is 9.71 Å². The molecule has 3 rings (SSSR count). The molecule has 5 heteroatoms. The van der Waals surface area contributed by atoms with Gasteiger partial charge in [-0.3, -0.25) is 4.98 Å². The van der Waals surface area contributed by atoms with Crippen LogP contribution in [0.4, 0.5) is 0 Å². The van der Waals surface area contributed by atoms with E-state index in [1.165, 1.54) is 0 Å². The van der Waals surface area contributed by atoms with Crippen molar-refractivity contribution < 1.29 is 8.42 Å². The van der Waals surface area contributed by atoms with Crippen molar-refractivity contribution in [2.75, 3.05) is 0 Å². The van der Waals surface area contributed by atoms with Crippen molar-refractivity contribution in [3.8, 4) is 0 Å². The highest BCUT2D eigenvalue weighted by molar-refractivity contribution is 7.89. The number of fused-ring (bicyclic) bond motifs is 1. The summed E-state index contributed by atoms with van der Waals surface area (Å²) in [5.41, 5.74) is 1.40. The average molecular weight is 312 g/mol. The lowest BCUT2D eigenvalue weighted by Crippen LogP contribution is -2.27. The first kappa shape index (κ1) is 14.7. The van der Waals surface area contributed by atoms with Crippen LogP contribution in [-0.4, -0.2) is 13.4 Å². The van der Waals surface area contributed by atoms with Gasteiger partial charge in [-0.1, -0.05) is 48.5 Å². The molecule has 4 nitrogen and oxygen atoms in total. The number of hydrogen-bond donors (Lipinski definition) is 1. The van der Waals surface area contributed by atoms with Gasteiger partial charge >= 0.3 is 0 Å². The fourth-order valence-corrected chi connectivity index (χ4v) is 3.81. The summed E-state index contributed by atoms with van der Waals surface area (Å²) >= 11 is 0. The summed E-state index contributed by atoms with van der Waals surface area (Å²) in [7, 11) is -3.65. The predicted molar refractivity (Wildman–Crippen MR) is 86.9 cm³/mol. The van der Waals surface area contributed by atoms with Crippen LogP contribution in [0, 0.1) is 0 Å². The number of hydrogen-bond acceptors (Lipinski definition) is 3. The molecule has 112 valence electrons. The summed E-state index contributed by atoms with van der Waals surface area (Å²) in [5, 5.41) is 0.803. The number of pyridine rings is 1. The molecule has 1 N–H and O–H groups in total. The van der Waals surface area contributed by atoms with Crippen LogP contribution in [-0.2, 0) is 10.0 Å². The molecule has 0 radical (unpaired) electrons. The number of aromatic nitrogens is 1. The Morgan fingerprint density at radius 3 is 2.45 bits per heavy atom. The molecule has 0 saturated heterocycles. The molecule has 2 aromatic carbocycles. The molecule has 0 aliphatic rings. The van der Waals surface area contributed by atoms with Gasteiger partial charge in [0.1, 0.15) is 4.90 Å². The second kappa shape index (κ2) is 5.87. The van der Waals surface area contributed by atoms with E-state index in [0.29, 0.717) is 5.52 Å². The standard InChI is InChI=1S/C17H16N2O2S/c1-13(14-7-3-2-4-8-14)19-22(20,21)16-11-5-9-15-10-6-12-18-17(15)16/h2-13,19H,1H3/t13-/m1/s1. The van der Waals surface area contributed by atoms with E-state index < -0.39 is 10.0 Å². The van der Waals surface area contributed by atoms with Crippen molar-refractivity contribution in [3.05, 3.63) is 72.4 Å². The molecule has 1 atom stereocenters. The first-order chi connectivity index (χ1) is 10.6. The van der Waals surface area contributed by atoms with E-state index in [1.54, 1.807) is 24.4 Å². The summed E-state index contributed by atoms with van der Waals surface area (Å²) in [6, 6.07) is 18.0. The first-order valence-corrected chi connectivity index (χ1v) is 8.47. The summed E-state index contributed by atoms with van der Waals surface area (Å²) in [5.74, 6) is 0. The van der Waals surface area contributed by atoms with Gasteiger partial charge < -0.3 is 0 Å². The van der Waals surface area contributed by atoms with E-state index in [9.17, 15) is 8.42 Å². The molecular weight excluding hydrogens is 296 g/mol. The predicted octanol–water partition coefficient (Wildman–Crippen LogP) is 3.27. The van der Waals surface area contributed by atoms with E-state index >= 15 is 0 Å². The number of benzene rings is 2. The fourth-order valence-electron chi connectivity index (χ4n) is 2.40. The van der Waals surface area contributed by atoms with Crippen molar-refractivity contribution in [3.63, 3.8) is 0 Å². The zero-order chi connectivity index (χ0) is 15.6. The number of nitrogens with zero attached hydrogens (tertiary/aromatic N) is 1. The molecule has 0 aliphatic carbocycles. The number of nitrogens with one attached hydrogen (secondary N) is 1. The molecule has 0 amide bonds. The second-order valence-corrected chi connectivity index (χ2v) is 6.77. The molecule has 0 fully saturated rings. The van der Waals surface area contributed by atoms with E-state index in [0.717, 1.165) is 10.9 Å². The molecule has 22 heavy (non-hydrogen) atoms. The summed E-state index contributed by atoms with van der Waals surface area (Å²) in [6.07, 6.45) is 1.60. The lowest BCUT2D eigenvalue weighted by Gasteiger charge is -2.15. The normalized spacial score (nSPS) is 13.1. The van der Waals surface area contributed by atoms with Crippen LogP contribution in [0.15, 0.2) is 71.8 Å². The maximum atomic E-state index is 12.7. The third-order valence-electron chi connectivity index (χ3n) is 3.52. The zero-order valence-electron chi connectivity index (χ0n) is 12.1. The Labute approximate surface area is 129 Å². The number of rotatable bonds is 4. The van der Waals surface area contributed by atoms with E-state index in [-0.39, 0.29) is 10.9 Å². The van der Waals surface area contributed by atoms with Gasteiger partial charge in [-0.05, 0) is 24.6 Å². The molecule has 0 aliphatic heterocycles. The van der Waals surface area contributed by atoms with Gasteiger partial charge in [0.2, 0.25) is 10.0 Å². The fraction of sp³-hybridized carbons (Fsp3) is 0.118. The molecule has 0 bridgehead atoms. The average Bonchev–Trinajstić information content (AvgIpc) is 2.54. The largest absolute Gasteiger partial charge is 0.255 e. The molecular formula is C17H16N2O2S. The Balaban J connectivity index is 1.99. The van der Waals surface area contributed by atoms with Crippen LogP contribution in [0.1, 0.15) is 18.5 Å². The van der Waals surface area contributed by atoms with Crippen LogP contribution in [0.3, 0.4) is 0 Å². The highest BCUT2D eigenvalue weighted by Gasteiger charge is 2.21. The highest BCUT2D eigenvalue weighted by atomic mass is 32.2. The molecule has 0 unspecified atom stereocenters. The molecule has 0 spiro atoms. The van der Waals surface area contributed by atoms with Crippen LogP contribution in [0.2, 0.25) is 0 Å². The topological polar surface area (TPSA) is 59.1 Å². The lowest BCUT2D eigenvalue weighted by molar-refractivity contribution is 0.567. The smallest absolute Gasteiger partial charge is 0.243 e. The van der Waals surface area contributed by atoms with Crippen molar-refractivity contribution in [2.24, 2.45) is 0 Å². The monoisotopic (exact) mass is 312 g/mol. The van der Waals surface area contributed by atoms with Gasteiger partial charge in [0.25, 0.3) is 0 Å². The van der Waals surface area contributed by atoms with Gasteiger partial charge in [-0.15, -0.1) is 0 Å². The first-order valence-electron chi connectivity index (χ1n) is 6.99. The quantitative estimate of drug-likeness (QED) is 0.804. The third-order valence-corrected chi connectivity index (χ3v) is 5.09. The van der Waals surface area contributed by atoms with Crippen molar-refractivity contribution in [1.29, 1.82) is 0 Å². The summed E-state index contributed by atoms with van der Waals surface area (Å²) in [4.78, 5) is 4.41. The maximum absolute atomic E-state index is 12.7. The molecule has 1 heterocycles. The minimum atomic E-state index is -3.65. The summed E-state index contributed by atoms with van der Waals surface area (Å²) < 4.78 is 28.1.